The van der Waals surface area contributed by atoms with Gasteiger partial charge in [-0.25, -0.2) is 0 Å². The molecular formula is C5H6O3S. The highest BCUT2D eigenvalue weighted by molar-refractivity contribution is 7.70. The van der Waals surface area contributed by atoms with Crippen LogP contribution in [-0.2, 0) is 15.1 Å². The smallest absolute Gasteiger partial charge is 0.259 e. The van der Waals surface area contributed by atoms with Crippen molar-refractivity contribution in [2.24, 2.45) is 0 Å². The highest BCUT2D eigenvalue weighted by atomic mass is 32.2. The van der Waals surface area contributed by atoms with Crippen LogP contribution in [0.4, 0.5) is 0 Å². The maximum atomic E-state index is 10.2. The Hall–Kier alpha value is -0.860. The zero-order chi connectivity index (χ0) is 7.28. The average molecular weight is 146 g/mol. The molecule has 9 heavy (non-hydrogen) atoms. The Balaban J connectivity index is 4.06. The summed E-state index contributed by atoms with van der Waals surface area (Å²) in [7, 11) is -2.29. The Morgan fingerprint density at radius 3 is 2.56 bits per heavy atom. The lowest BCUT2D eigenvalue weighted by Gasteiger charge is -1.74. The van der Waals surface area contributed by atoms with Crippen LogP contribution in [0.15, 0.2) is 6.08 Å². The summed E-state index contributed by atoms with van der Waals surface area (Å²) in [5, 5.41) is 1.95. The van der Waals surface area contributed by atoms with Crippen LogP contribution in [0, 0.1) is 0 Å². The van der Waals surface area contributed by atoms with Crippen molar-refractivity contribution in [3.05, 3.63) is 6.08 Å². The van der Waals surface area contributed by atoms with Gasteiger partial charge in [-0.05, 0) is 13.0 Å². The monoisotopic (exact) mass is 146 g/mol. The maximum Gasteiger partial charge on any atom is 0.259 e. The Morgan fingerprint density at radius 1 is 1.67 bits per heavy atom. The molecular weight excluding hydrogens is 140 g/mol. The Morgan fingerprint density at radius 2 is 2.22 bits per heavy atom. The predicted octanol–water partition coefficient (Wildman–Crippen LogP) is -0.198. The summed E-state index contributed by atoms with van der Waals surface area (Å²) in [6, 6.07) is 0. The SMILES string of the molecule is CC(=O)CC=C=S(=O)=O. The largest absolute Gasteiger partial charge is 0.300 e. The molecule has 0 aromatic carbocycles. The molecule has 0 rings (SSSR count). The van der Waals surface area contributed by atoms with Crippen LogP contribution in [0.1, 0.15) is 13.3 Å². The van der Waals surface area contributed by atoms with E-state index >= 15 is 0 Å². The Labute approximate surface area is 54.5 Å². The van der Waals surface area contributed by atoms with Gasteiger partial charge in [-0.3, -0.25) is 4.79 Å². The molecule has 4 heteroatoms. The van der Waals surface area contributed by atoms with Crippen LogP contribution in [0.5, 0.6) is 0 Å². The molecule has 0 saturated carbocycles. The van der Waals surface area contributed by atoms with E-state index in [-0.39, 0.29) is 12.2 Å². The molecule has 0 saturated heterocycles. The first kappa shape index (κ1) is 8.14. The number of allylic oxidation sites excluding steroid dienone is 1. The van der Waals surface area contributed by atoms with Crippen LogP contribution in [0.3, 0.4) is 0 Å². The topological polar surface area (TPSA) is 51.2 Å². The standard InChI is InChI=1S/C5H6O3S/c1-5(6)3-2-4-9(7)8/h2H,3H2,1H3. The summed E-state index contributed by atoms with van der Waals surface area (Å²) in [4.78, 5) is 10.2. The summed E-state index contributed by atoms with van der Waals surface area (Å²) >= 11 is 0. The molecule has 0 heterocycles. The molecule has 0 bridgehead atoms. The number of rotatable bonds is 2. The maximum absolute atomic E-state index is 10.2. The summed E-state index contributed by atoms with van der Waals surface area (Å²) in [6.07, 6.45) is 1.32. The number of hydrogen-bond donors (Lipinski definition) is 0. The average Bonchev–Trinajstić information content (AvgIpc) is 1.63. The third-order valence-electron chi connectivity index (χ3n) is 0.569. The zero-order valence-corrected chi connectivity index (χ0v) is 5.73. The quantitative estimate of drug-likeness (QED) is 0.507. The fourth-order valence-electron chi connectivity index (χ4n) is 0.253. The molecule has 0 aromatic rings. The minimum atomic E-state index is -2.29. The van der Waals surface area contributed by atoms with Crippen molar-refractivity contribution in [2.75, 3.05) is 0 Å². The second kappa shape index (κ2) is 4.06. The van der Waals surface area contributed by atoms with E-state index in [1.54, 1.807) is 0 Å². The van der Waals surface area contributed by atoms with Crippen molar-refractivity contribution in [3.63, 3.8) is 0 Å². The van der Waals surface area contributed by atoms with E-state index in [9.17, 15) is 13.2 Å². The van der Waals surface area contributed by atoms with E-state index < -0.39 is 10.3 Å². The Bertz CT molecular complexity index is 246. The van der Waals surface area contributed by atoms with Crippen LogP contribution >= 0.6 is 0 Å². The molecule has 0 amide bonds. The number of carbonyl (C=O) groups is 1. The first-order chi connectivity index (χ1) is 4.13. The predicted molar refractivity (Wildman–Crippen MR) is 33.8 cm³/mol. The normalized spacial score (nSPS) is 7.67. The number of carbonyl (C=O) groups excluding carboxylic acids is 1. The van der Waals surface area contributed by atoms with E-state index in [0.29, 0.717) is 0 Å². The van der Waals surface area contributed by atoms with Crippen molar-refractivity contribution in [1.82, 2.24) is 0 Å². The van der Waals surface area contributed by atoms with Crippen LogP contribution in [-0.4, -0.2) is 19.2 Å². The van der Waals surface area contributed by atoms with Gasteiger partial charge in [-0.1, -0.05) is 0 Å². The van der Waals surface area contributed by atoms with Gasteiger partial charge in [0.1, 0.15) is 5.78 Å². The van der Waals surface area contributed by atoms with Crippen molar-refractivity contribution in [1.29, 1.82) is 0 Å². The van der Waals surface area contributed by atoms with E-state index in [0.717, 1.165) is 0 Å². The van der Waals surface area contributed by atoms with Crippen molar-refractivity contribution in [2.45, 2.75) is 13.3 Å². The molecule has 0 aliphatic rings. The first-order valence-electron chi connectivity index (χ1n) is 2.29. The molecule has 0 N–H and O–H groups in total. The number of hydrogen-bond acceptors (Lipinski definition) is 3. The third kappa shape index (κ3) is 7.14. The molecule has 0 aromatic heterocycles. The van der Waals surface area contributed by atoms with Gasteiger partial charge < -0.3 is 0 Å². The molecule has 0 aliphatic carbocycles. The first-order valence-corrected chi connectivity index (χ1v) is 3.37. The molecule has 0 fully saturated rings. The number of Topliss-reactive ketones (excluding diaryl/α,β-unsaturated/α-hetero) is 1. The van der Waals surface area contributed by atoms with Crippen molar-refractivity contribution in [3.8, 4) is 0 Å². The molecule has 0 unspecified atom stereocenters. The zero-order valence-electron chi connectivity index (χ0n) is 4.92. The lowest BCUT2D eigenvalue weighted by Crippen LogP contribution is -1.83. The van der Waals surface area contributed by atoms with Gasteiger partial charge in [0.05, 0.1) is 0 Å². The minimum Gasteiger partial charge on any atom is -0.300 e. The molecule has 0 aliphatic heterocycles. The summed E-state index contributed by atoms with van der Waals surface area (Å²) in [5.41, 5.74) is 0. The van der Waals surface area contributed by atoms with Gasteiger partial charge in [-0.15, -0.1) is 0 Å². The lowest BCUT2D eigenvalue weighted by molar-refractivity contribution is -0.116. The third-order valence-corrected chi connectivity index (χ3v) is 0.928. The van der Waals surface area contributed by atoms with Crippen molar-refractivity contribution < 1.29 is 13.2 Å². The lowest BCUT2D eigenvalue weighted by atomic mass is 10.3. The van der Waals surface area contributed by atoms with Crippen LogP contribution < -0.4 is 0 Å². The van der Waals surface area contributed by atoms with E-state index in [2.05, 4.69) is 0 Å². The van der Waals surface area contributed by atoms with Gasteiger partial charge in [0.25, 0.3) is 10.3 Å². The summed E-state index contributed by atoms with van der Waals surface area (Å²) in [6.45, 7) is 1.38. The molecule has 0 radical (unpaired) electrons. The highest BCUT2D eigenvalue weighted by Gasteiger charge is 1.82. The van der Waals surface area contributed by atoms with Gasteiger partial charge in [0.2, 0.25) is 0 Å². The van der Waals surface area contributed by atoms with E-state index in [4.69, 9.17) is 0 Å². The van der Waals surface area contributed by atoms with Gasteiger partial charge in [0.15, 0.2) is 0 Å². The van der Waals surface area contributed by atoms with Crippen molar-refractivity contribution >= 4 is 21.1 Å². The van der Waals surface area contributed by atoms with E-state index in [1.807, 2.05) is 5.02 Å². The fourth-order valence-corrected chi connectivity index (χ4v) is 0.473. The van der Waals surface area contributed by atoms with Crippen LogP contribution in [0.25, 0.3) is 0 Å². The van der Waals surface area contributed by atoms with E-state index in [1.165, 1.54) is 13.0 Å². The molecule has 0 spiro atoms. The highest BCUT2D eigenvalue weighted by Crippen LogP contribution is 1.77. The summed E-state index contributed by atoms with van der Waals surface area (Å²) < 4.78 is 19.5. The second-order valence-electron chi connectivity index (χ2n) is 1.46. The summed E-state index contributed by atoms with van der Waals surface area (Å²) in [5.74, 6) is -0.0760. The van der Waals surface area contributed by atoms with Gasteiger partial charge >= 0.3 is 0 Å². The minimum absolute atomic E-state index is 0.0760. The Kier molecular flexibility index (Phi) is 3.67. The number of ketones is 1. The van der Waals surface area contributed by atoms with Gasteiger partial charge in [0, 0.05) is 11.4 Å². The van der Waals surface area contributed by atoms with Crippen LogP contribution in [0.2, 0.25) is 0 Å². The second-order valence-corrected chi connectivity index (χ2v) is 2.17. The molecule has 3 nitrogen and oxygen atoms in total. The fraction of sp³-hybridized carbons (Fsp3) is 0.400. The van der Waals surface area contributed by atoms with Gasteiger partial charge in [-0.2, -0.15) is 8.42 Å². The molecule has 0 atom stereocenters. The molecule has 50 valence electrons.